The summed E-state index contributed by atoms with van der Waals surface area (Å²) < 4.78 is 1.53. The van der Waals surface area contributed by atoms with E-state index in [2.05, 4.69) is 21.4 Å². The molecule has 0 saturated heterocycles. The highest BCUT2D eigenvalue weighted by Crippen LogP contribution is 2.19. The molecule has 7 heteroatoms. The molecular formula is C18H21N5OS. The van der Waals surface area contributed by atoms with E-state index in [1.807, 2.05) is 23.6 Å². The van der Waals surface area contributed by atoms with Gasteiger partial charge in [-0.15, -0.1) is 11.3 Å². The number of hydrogen-bond donors (Lipinski definition) is 2. The summed E-state index contributed by atoms with van der Waals surface area (Å²) in [5.74, 6) is 0.518. The van der Waals surface area contributed by atoms with Crippen LogP contribution in [0, 0.1) is 6.92 Å². The zero-order valence-corrected chi connectivity index (χ0v) is 15.1. The van der Waals surface area contributed by atoms with Gasteiger partial charge in [-0.05, 0) is 36.9 Å². The number of aromatic nitrogens is 3. The van der Waals surface area contributed by atoms with Gasteiger partial charge < -0.3 is 11.1 Å². The number of anilines is 1. The van der Waals surface area contributed by atoms with Crippen molar-refractivity contribution in [2.75, 3.05) is 11.9 Å². The summed E-state index contributed by atoms with van der Waals surface area (Å²) in [6.45, 7) is 2.33. The first-order chi connectivity index (χ1) is 12.1. The van der Waals surface area contributed by atoms with Gasteiger partial charge in [-0.2, -0.15) is 0 Å². The van der Waals surface area contributed by atoms with Crippen molar-refractivity contribution in [3.63, 3.8) is 0 Å². The van der Waals surface area contributed by atoms with Crippen molar-refractivity contribution in [3.8, 4) is 11.3 Å². The predicted molar refractivity (Wildman–Crippen MR) is 102 cm³/mol. The molecule has 0 aliphatic carbocycles. The van der Waals surface area contributed by atoms with E-state index in [1.54, 1.807) is 37.7 Å². The Labute approximate surface area is 150 Å². The molecule has 25 heavy (non-hydrogen) atoms. The molecule has 1 unspecified atom stereocenters. The van der Waals surface area contributed by atoms with E-state index in [4.69, 9.17) is 5.73 Å². The van der Waals surface area contributed by atoms with E-state index >= 15 is 0 Å². The summed E-state index contributed by atoms with van der Waals surface area (Å²) in [5.41, 5.74) is 8.28. The van der Waals surface area contributed by atoms with Crippen LogP contribution in [0.2, 0.25) is 0 Å². The van der Waals surface area contributed by atoms with Crippen molar-refractivity contribution in [1.82, 2.24) is 14.5 Å². The van der Waals surface area contributed by atoms with E-state index in [-0.39, 0.29) is 11.6 Å². The molecule has 0 spiro atoms. The molecular weight excluding hydrogens is 334 g/mol. The second-order valence-corrected chi connectivity index (χ2v) is 6.97. The van der Waals surface area contributed by atoms with Crippen molar-refractivity contribution >= 4 is 17.3 Å². The lowest BCUT2D eigenvalue weighted by molar-refractivity contribution is 0.693. The predicted octanol–water partition coefficient (Wildman–Crippen LogP) is 2.19. The molecule has 0 radical (unpaired) electrons. The minimum Gasteiger partial charge on any atom is -0.354 e. The van der Waals surface area contributed by atoms with Crippen molar-refractivity contribution in [3.05, 3.63) is 62.8 Å². The summed E-state index contributed by atoms with van der Waals surface area (Å²) in [5, 5.41) is 5.26. The van der Waals surface area contributed by atoms with E-state index in [0.29, 0.717) is 23.8 Å². The molecule has 0 fully saturated rings. The van der Waals surface area contributed by atoms with Gasteiger partial charge in [-0.3, -0.25) is 14.3 Å². The Morgan fingerprint density at radius 1 is 1.32 bits per heavy atom. The third-order valence-electron chi connectivity index (χ3n) is 4.04. The average molecular weight is 355 g/mol. The highest BCUT2D eigenvalue weighted by molar-refractivity contribution is 7.09. The first kappa shape index (κ1) is 17.3. The lowest BCUT2D eigenvalue weighted by atomic mass is 10.1. The van der Waals surface area contributed by atoms with Crippen LogP contribution in [0.5, 0.6) is 0 Å². The van der Waals surface area contributed by atoms with Gasteiger partial charge in [-0.1, -0.05) is 6.07 Å². The second-order valence-electron chi connectivity index (χ2n) is 5.93. The molecule has 0 amide bonds. The average Bonchev–Trinajstić information content (AvgIpc) is 3.13. The van der Waals surface area contributed by atoms with E-state index < -0.39 is 0 Å². The Balaban J connectivity index is 1.81. The molecule has 130 valence electrons. The molecule has 1 atom stereocenters. The zero-order valence-electron chi connectivity index (χ0n) is 14.3. The van der Waals surface area contributed by atoms with Crippen molar-refractivity contribution in [1.29, 1.82) is 0 Å². The summed E-state index contributed by atoms with van der Waals surface area (Å²) >= 11 is 1.70. The van der Waals surface area contributed by atoms with E-state index in [1.165, 1.54) is 9.44 Å². The summed E-state index contributed by atoms with van der Waals surface area (Å²) in [7, 11) is 1.71. The quantitative estimate of drug-likeness (QED) is 0.708. The molecule has 3 rings (SSSR count). The minimum atomic E-state index is -0.0730. The van der Waals surface area contributed by atoms with Crippen LogP contribution in [0.4, 0.5) is 5.95 Å². The lowest BCUT2D eigenvalue weighted by Gasteiger charge is -2.16. The maximum absolute atomic E-state index is 12.5. The van der Waals surface area contributed by atoms with E-state index in [9.17, 15) is 4.79 Å². The van der Waals surface area contributed by atoms with Crippen LogP contribution in [-0.2, 0) is 13.5 Å². The van der Waals surface area contributed by atoms with Gasteiger partial charge in [0.05, 0.1) is 5.69 Å². The van der Waals surface area contributed by atoms with Gasteiger partial charge in [0, 0.05) is 48.0 Å². The zero-order chi connectivity index (χ0) is 17.8. The van der Waals surface area contributed by atoms with Crippen LogP contribution in [-0.4, -0.2) is 27.1 Å². The Hall–Kier alpha value is -2.51. The van der Waals surface area contributed by atoms with Crippen molar-refractivity contribution in [2.45, 2.75) is 19.4 Å². The summed E-state index contributed by atoms with van der Waals surface area (Å²) in [6, 6.07) is 7.74. The number of nitrogens with two attached hydrogens (primary N) is 1. The van der Waals surface area contributed by atoms with Gasteiger partial charge in [0.2, 0.25) is 5.95 Å². The van der Waals surface area contributed by atoms with Crippen LogP contribution in [0.3, 0.4) is 0 Å². The van der Waals surface area contributed by atoms with Crippen molar-refractivity contribution in [2.24, 2.45) is 12.8 Å². The van der Waals surface area contributed by atoms with Gasteiger partial charge >= 0.3 is 0 Å². The lowest BCUT2D eigenvalue weighted by Crippen LogP contribution is -2.33. The highest BCUT2D eigenvalue weighted by atomic mass is 32.1. The topological polar surface area (TPSA) is 85.8 Å². The van der Waals surface area contributed by atoms with Crippen LogP contribution in [0.25, 0.3) is 11.3 Å². The monoisotopic (exact) mass is 355 g/mol. The molecule has 0 aliphatic rings. The molecule has 0 aromatic carbocycles. The largest absolute Gasteiger partial charge is 0.354 e. The molecule has 3 aromatic heterocycles. The number of nitrogens with zero attached hydrogens (tertiary/aromatic N) is 3. The van der Waals surface area contributed by atoms with Crippen LogP contribution in [0.1, 0.15) is 10.4 Å². The third kappa shape index (κ3) is 3.94. The Kier molecular flexibility index (Phi) is 5.25. The molecule has 3 N–H and O–H groups in total. The Bertz CT molecular complexity index is 890. The molecule has 0 bridgehead atoms. The number of rotatable bonds is 6. The minimum absolute atomic E-state index is 0.0544. The molecule has 6 nitrogen and oxygen atoms in total. The Morgan fingerprint density at radius 2 is 2.08 bits per heavy atom. The fourth-order valence-corrected chi connectivity index (χ4v) is 3.44. The highest BCUT2D eigenvalue weighted by Gasteiger charge is 2.14. The second kappa shape index (κ2) is 7.58. The van der Waals surface area contributed by atoms with Crippen LogP contribution in [0.15, 0.2) is 46.8 Å². The van der Waals surface area contributed by atoms with Gasteiger partial charge in [0.15, 0.2) is 0 Å². The normalized spacial score (nSPS) is 12.1. The SMILES string of the molecule is Cc1c(-c2ccncc2)nc(NCC(N)Cc2cccs2)n(C)c1=O. The summed E-state index contributed by atoms with van der Waals surface area (Å²) in [4.78, 5) is 22.4. The maximum atomic E-state index is 12.5. The number of thiophene rings is 1. The fraction of sp³-hybridized carbons (Fsp3) is 0.278. The van der Waals surface area contributed by atoms with Gasteiger partial charge in [0.25, 0.3) is 5.56 Å². The van der Waals surface area contributed by atoms with Crippen molar-refractivity contribution < 1.29 is 0 Å². The molecule has 0 aliphatic heterocycles. The first-order valence-electron chi connectivity index (χ1n) is 8.06. The van der Waals surface area contributed by atoms with Crippen LogP contribution < -0.4 is 16.6 Å². The first-order valence-corrected chi connectivity index (χ1v) is 8.94. The van der Waals surface area contributed by atoms with E-state index in [0.717, 1.165) is 12.0 Å². The molecule has 3 heterocycles. The number of nitrogens with one attached hydrogen (secondary N) is 1. The van der Waals surface area contributed by atoms with Gasteiger partial charge in [-0.25, -0.2) is 4.98 Å². The molecule has 3 aromatic rings. The number of pyridine rings is 1. The smallest absolute Gasteiger partial charge is 0.258 e. The summed E-state index contributed by atoms with van der Waals surface area (Å²) in [6.07, 6.45) is 4.18. The standard InChI is InChI=1S/C18H21N5OS/c1-12-16(13-5-7-20-8-6-13)22-18(23(2)17(12)24)21-11-14(19)10-15-4-3-9-25-15/h3-9,14H,10-11,19H2,1-2H3,(H,21,22). The maximum Gasteiger partial charge on any atom is 0.258 e. The molecule has 0 saturated carbocycles. The van der Waals surface area contributed by atoms with Crippen LogP contribution >= 0.6 is 11.3 Å². The Morgan fingerprint density at radius 3 is 2.76 bits per heavy atom. The number of hydrogen-bond acceptors (Lipinski definition) is 6. The fourth-order valence-electron chi connectivity index (χ4n) is 2.64. The third-order valence-corrected chi connectivity index (χ3v) is 4.93. The van der Waals surface area contributed by atoms with Gasteiger partial charge in [0.1, 0.15) is 0 Å².